The molecule has 0 radical (unpaired) electrons. The Morgan fingerprint density at radius 1 is 1.44 bits per heavy atom. The van der Waals surface area contributed by atoms with Crippen molar-refractivity contribution in [3.63, 3.8) is 0 Å². The fraction of sp³-hybridized carbons (Fsp3) is 0.462. The first kappa shape index (κ1) is 12.7. The second-order valence-corrected chi connectivity index (χ2v) is 4.22. The Kier molecular flexibility index (Phi) is 4.99. The molecule has 88 valence electrons. The van der Waals surface area contributed by atoms with E-state index in [-0.39, 0.29) is 12.5 Å². The monoisotopic (exact) mass is 221 g/mol. The first-order valence-electron chi connectivity index (χ1n) is 5.61. The molecule has 3 heteroatoms. The zero-order chi connectivity index (χ0) is 12.0. The van der Waals surface area contributed by atoms with Crippen LogP contribution in [-0.4, -0.2) is 17.1 Å². The minimum absolute atomic E-state index is 0.0170. The molecule has 0 spiro atoms. The Morgan fingerprint density at radius 3 is 2.81 bits per heavy atom. The highest BCUT2D eigenvalue weighted by molar-refractivity contribution is 5.66. The van der Waals surface area contributed by atoms with Gasteiger partial charge in [-0.05, 0) is 31.7 Å². The summed E-state index contributed by atoms with van der Waals surface area (Å²) in [5.74, 6) is -0.772. The molecule has 0 aliphatic carbocycles. The second kappa shape index (κ2) is 6.28. The maximum atomic E-state index is 10.4. The van der Waals surface area contributed by atoms with Crippen LogP contribution >= 0.6 is 0 Å². The summed E-state index contributed by atoms with van der Waals surface area (Å²) in [7, 11) is 0. The van der Waals surface area contributed by atoms with Crippen molar-refractivity contribution in [3.8, 4) is 0 Å². The average Bonchev–Trinajstić information content (AvgIpc) is 2.23. The summed E-state index contributed by atoms with van der Waals surface area (Å²) < 4.78 is 0. The van der Waals surface area contributed by atoms with Crippen LogP contribution in [0.15, 0.2) is 24.3 Å². The predicted octanol–water partition coefficient (Wildman–Crippen LogP) is 2.12. The van der Waals surface area contributed by atoms with Crippen LogP contribution in [0.4, 0.5) is 0 Å². The number of carboxylic acid groups (broad SMARTS) is 1. The predicted molar refractivity (Wildman–Crippen MR) is 64.3 cm³/mol. The molecule has 3 nitrogen and oxygen atoms in total. The molecule has 1 aromatic carbocycles. The number of benzene rings is 1. The molecule has 0 saturated carbocycles. The Morgan fingerprint density at radius 2 is 2.19 bits per heavy atom. The van der Waals surface area contributed by atoms with Crippen LogP contribution < -0.4 is 5.73 Å². The van der Waals surface area contributed by atoms with Gasteiger partial charge in [-0.15, -0.1) is 0 Å². The van der Waals surface area contributed by atoms with Gasteiger partial charge >= 0.3 is 5.97 Å². The fourth-order valence-corrected chi connectivity index (χ4v) is 1.67. The molecular weight excluding hydrogens is 202 g/mol. The van der Waals surface area contributed by atoms with E-state index in [0.29, 0.717) is 6.42 Å². The summed E-state index contributed by atoms with van der Waals surface area (Å²) in [5.41, 5.74) is 8.36. The number of rotatable bonds is 6. The Balaban J connectivity index is 2.31. The molecule has 1 atom stereocenters. The molecule has 1 rings (SSSR count). The molecule has 0 amide bonds. The molecule has 0 heterocycles. The minimum Gasteiger partial charge on any atom is -0.481 e. The van der Waals surface area contributed by atoms with E-state index >= 15 is 0 Å². The molecule has 0 bridgehead atoms. The standard InChI is InChI=1S/C13H19NO2/c1-10-3-2-4-11(9-10)5-6-12(14)7-8-13(15)16/h2-4,9,12H,5-8,14H2,1H3,(H,15,16). The first-order valence-corrected chi connectivity index (χ1v) is 5.61. The average molecular weight is 221 g/mol. The summed E-state index contributed by atoms with van der Waals surface area (Å²) in [4.78, 5) is 10.4. The molecule has 16 heavy (non-hydrogen) atoms. The van der Waals surface area contributed by atoms with Crippen molar-refractivity contribution in [1.82, 2.24) is 0 Å². The van der Waals surface area contributed by atoms with Crippen LogP contribution in [0.1, 0.15) is 30.4 Å². The lowest BCUT2D eigenvalue weighted by Crippen LogP contribution is -2.21. The maximum Gasteiger partial charge on any atom is 0.303 e. The lowest BCUT2D eigenvalue weighted by atomic mass is 10.0. The van der Waals surface area contributed by atoms with Gasteiger partial charge in [-0.2, -0.15) is 0 Å². The van der Waals surface area contributed by atoms with Crippen molar-refractivity contribution in [3.05, 3.63) is 35.4 Å². The van der Waals surface area contributed by atoms with Crippen molar-refractivity contribution >= 4 is 5.97 Å². The van der Waals surface area contributed by atoms with E-state index in [1.165, 1.54) is 11.1 Å². The van der Waals surface area contributed by atoms with Gasteiger partial charge in [0, 0.05) is 12.5 Å². The molecule has 0 fully saturated rings. The summed E-state index contributed by atoms with van der Waals surface area (Å²) in [6.07, 6.45) is 2.48. The van der Waals surface area contributed by atoms with Gasteiger partial charge < -0.3 is 10.8 Å². The third-order valence-electron chi connectivity index (χ3n) is 2.62. The van der Waals surface area contributed by atoms with Gasteiger partial charge in [0.15, 0.2) is 0 Å². The fourth-order valence-electron chi connectivity index (χ4n) is 1.67. The van der Waals surface area contributed by atoms with Crippen molar-refractivity contribution < 1.29 is 9.90 Å². The summed E-state index contributed by atoms with van der Waals surface area (Å²) in [6.45, 7) is 2.06. The smallest absolute Gasteiger partial charge is 0.303 e. The highest BCUT2D eigenvalue weighted by atomic mass is 16.4. The number of aryl methyl sites for hydroxylation is 2. The van der Waals surface area contributed by atoms with Crippen LogP contribution in [0.2, 0.25) is 0 Å². The largest absolute Gasteiger partial charge is 0.481 e. The van der Waals surface area contributed by atoms with E-state index in [9.17, 15) is 4.79 Å². The van der Waals surface area contributed by atoms with Gasteiger partial charge in [-0.3, -0.25) is 4.79 Å². The number of hydrogen-bond acceptors (Lipinski definition) is 2. The van der Waals surface area contributed by atoms with Gasteiger partial charge in [0.25, 0.3) is 0 Å². The van der Waals surface area contributed by atoms with Gasteiger partial charge in [0.05, 0.1) is 0 Å². The number of carbonyl (C=O) groups is 1. The van der Waals surface area contributed by atoms with Gasteiger partial charge in [0.2, 0.25) is 0 Å². The maximum absolute atomic E-state index is 10.4. The molecule has 3 N–H and O–H groups in total. The minimum atomic E-state index is -0.772. The normalized spacial score (nSPS) is 12.4. The van der Waals surface area contributed by atoms with E-state index in [4.69, 9.17) is 10.8 Å². The van der Waals surface area contributed by atoms with E-state index in [2.05, 4.69) is 25.1 Å². The lowest BCUT2D eigenvalue weighted by molar-refractivity contribution is -0.137. The van der Waals surface area contributed by atoms with E-state index in [1.54, 1.807) is 0 Å². The molecular formula is C13H19NO2. The topological polar surface area (TPSA) is 63.3 Å². The van der Waals surface area contributed by atoms with Crippen molar-refractivity contribution in [2.75, 3.05) is 0 Å². The summed E-state index contributed by atoms with van der Waals surface area (Å²) >= 11 is 0. The number of aliphatic carboxylic acids is 1. The Labute approximate surface area is 96.3 Å². The van der Waals surface area contributed by atoms with Crippen LogP contribution in [0, 0.1) is 6.92 Å². The third-order valence-corrected chi connectivity index (χ3v) is 2.62. The first-order chi connectivity index (χ1) is 7.58. The van der Waals surface area contributed by atoms with E-state index < -0.39 is 5.97 Å². The van der Waals surface area contributed by atoms with Crippen LogP contribution in [0.25, 0.3) is 0 Å². The molecule has 1 unspecified atom stereocenters. The highest BCUT2D eigenvalue weighted by Gasteiger charge is 2.06. The van der Waals surface area contributed by atoms with Crippen LogP contribution in [0.5, 0.6) is 0 Å². The molecule has 0 aliphatic heterocycles. The highest BCUT2D eigenvalue weighted by Crippen LogP contribution is 2.09. The van der Waals surface area contributed by atoms with Crippen LogP contribution in [-0.2, 0) is 11.2 Å². The SMILES string of the molecule is Cc1cccc(CCC(N)CCC(=O)O)c1. The zero-order valence-electron chi connectivity index (χ0n) is 9.65. The lowest BCUT2D eigenvalue weighted by Gasteiger charge is -2.10. The Bertz CT molecular complexity index is 350. The van der Waals surface area contributed by atoms with Crippen molar-refractivity contribution in [1.29, 1.82) is 0 Å². The van der Waals surface area contributed by atoms with Crippen molar-refractivity contribution in [2.45, 2.75) is 38.6 Å². The molecule has 0 saturated heterocycles. The summed E-state index contributed by atoms with van der Waals surface area (Å²) in [5, 5.41) is 8.53. The quantitative estimate of drug-likeness (QED) is 0.773. The van der Waals surface area contributed by atoms with E-state index in [0.717, 1.165) is 12.8 Å². The number of carboxylic acids is 1. The third kappa shape index (κ3) is 4.94. The van der Waals surface area contributed by atoms with E-state index in [1.807, 2.05) is 6.07 Å². The summed E-state index contributed by atoms with van der Waals surface area (Å²) in [6, 6.07) is 8.30. The molecule has 0 aliphatic rings. The molecule has 1 aromatic rings. The van der Waals surface area contributed by atoms with Crippen LogP contribution in [0.3, 0.4) is 0 Å². The zero-order valence-corrected chi connectivity index (χ0v) is 9.65. The van der Waals surface area contributed by atoms with Gasteiger partial charge in [-0.1, -0.05) is 29.8 Å². The second-order valence-electron chi connectivity index (χ2n) is 4.22. The Hall–Kier alpha value is -1.35. The number of nitrogens with two attached hydrogens (primary N) is 1. The van der Waals surface area contributed by atoms with Gasteiger partial charge in [-0.25, -0.2) is 0 Å². The van der Waals surface area contributed by atoms with Crippen molar-refractivity contribution in [2.24, 2.45) is 5.73 Å². The number of hydrogen-bond donors (Lipinski definition) is 2. The van der Waals surface area contributed by atoms with Gasteiger partial charge in [0.1, 0.15) is 0 Å². The molecule has 0 aromatic heterocycles.